The minimum absolute atomic E-state index is 0.217. The lowest BCUT2D eigenvalue weighted by Gasteiger charge is -2.36. The van der Waals surface area contributed by atoms with Crippen LogP contribution in [0.4, 0.5) is 8.78 Å². The zero-order valence-corrected chi connectivity index (χ0v) is 16.4. The summed E-state index contributed by atoms with van der Waals surface area (Å²) in [5.41, 5.74) is 3.32. The first-order valence-electron chi connectivity index (χ1n) is 10.2. The molecule has 1 aliphatic carbocycles. The van der Waals surface area contributed by atoms with Gasteiger partial charge in [-0.1, -0.05) is 65.9 Å². The molecule has 0 spiro atoms. The van der Waals surface area contributed by atoms with Crippen LogP contribution in [0, 0.1) is 0 Å². The van der Waals surface area contributed by atoms with Gasteiger partial charge in [0.2, 0.25) is 0 Å². The Bertz CT molecular complexity index is 833. The summed E-state index contributed by atoms with van der Waals surface area (Å²) in [6.07, 6.45) is 5.37. The second kappa shape index (κ2) is 9.27. The van der Waals surface area contributed by atoms with Crippen LogP contribution in [-0.2, 0) is 13.1 Å². The van der Waals surface area contributed by atoms with Gasteiger partial charge in [-0.15, -0.1) is 5.10 Å². The Labute approximate surface area is 170 Å². The van der Waals surface area contributed by atoms with Crippen LogP contribution in [0.1, 0.15) is 55.0 Å². The molecule has 0 atom stereocenters. The lowest BCUT2D eigenvalue weighted by molar-refractivity contribution is 0.0545. The van der Waals surface area contributed by atoms with E-state index in [1.165, 1.54) is 17.3 Å². The van der Waals surface area contributed by atoms with E-state index < -0.39 is 6.55 Å². The Morgan fingerprint density at radius 2 is 1.41 bits per heavy atom. The quantitative estimate of drug-likeness (QED) is 0.536. The molecule has 1 saturated carbocycles. The number of halogens is 2. The van der Waals surface area contributed by atoms with E-state index in [0.717, 1.165) is 38.8 Å². The van der Waals surface area contributed by atoms with Gasteiger partial charge in [-0.05, 0) is 36.8 Å². The highest BCUT2D eigenvalue weighted by Crippen LogP contribution is 2.35. The molecule has 0 amide bonds. The van der Waals surface area contributed by atoms with Crippen LogP contribution in [0.2, 0.25) is 0 Å². The Morgan fingerprint density at radius 1 is 0.862 bits per heavy atom. The highest BCUT2D eigenvalue weighted by atomic mass is 19.3. The van der Waals surface area contributed by atoms with Crippen molar-refractivity contribution in [3.05, 3.63) is 83.7 Å². The van der Waals surface area contributed by atoms with E-state index in [1.54, 1.807) is 0 Å². The molecular formula is C23H26F2N4. The molecule has 6 heteroatoms. The van der Waals surface area contributed by atoms with E-state index in [1.807, 2.05) is 12.1 Å². The number of nitrogens with zero attached hydrogens (tertiary/aromatic N) is 4. The molecule has 1 aliphatic rings. The third-order valence-electron chi connectivity index (χ3n) is 5.82. The maximum absolute atomic E-state index is 12.8. The van der Waals surface area contributed by atoms with Gasteiger partial charge in [0.25, 0.3) is 0 Å². The SMILES string of the molecule is FC(F)n1cc(C2CCC(N(Cc3ccccc3)Cc3ccccc3)CC2)nn1. The van der Waals surface area contributed by atoms with Crippen molar-refractivity contribution in [2.75, 3.05) is 0 Å². The van der Waals surface area contributed by atoms with Crippen LogP contribution in [0.25, 0.3) is 0 Å². The molecule has 4 rings (SSSR count). The number of hydrogen-bond donors (Lipinski definition) is 0. The van der Waals surface area contributed by atoms with Crippen molar-refractivity contribution in [2.45, 2.75) is 57.3 Å². The summed E-state index contributed by atoms with van der Waals surface area (Å²) in [6, 6.07) is 21.6. The molecule has 0 aliphatic heterocycles. The second-order valence-electron chi connectivity index (χ2n) is 7.78. The highest BCUT2D eigenvalue weighted by Gasteiger charge is 2.28. The minimum atomic E-state index is -2.63. The predicted molar refractivity (Wildman–Crippen MR) is 108 cm³/mol. The van der Waals surface area contributed by atoms with Gasteiger partial charge < -0.3 is 0 Å². The Balaban J connectivity index is 1.43. The van der Waals surface area contributed by atoms with Gasteiger partial charge in [0, 0.05) is 25.0 Å². The van der Waals surface area contributed by atoms with Gasteiger partial charge in [0.15, 0.2) is 0 Å². The molecule has 3 aromatic rings. The molecule has 4 nitrogen and oxygen atoms in total. The Kier molecular flexibility index (Phi) is 6.30. The highest BCUT2D eigenvalue weighted by molar-refractivity contribution is 5.17. The summed E-state index contributed by atoms with van der Waals surface area (Å²) in [5.74, 6) is 0.217. The van der Waals surface area contributed by atoms with Gasteiger partial charge in [0.1, 0.15) is 0 Å². The van der Waals surface area contributed by atoms with Crippen LogP contribution >= 0.6 is 0 Å². The van der Waals surface area contributed by atoms with Crippen LogP contribution < -0.4 is 0 Å². The second-order valence-corrected chi connectivity index (χ2v) is 7.78. The zero-order chi connectivity index (χ0) is 20.1. The maximum atomic E-state index is 12.8. The van der Waals surface area contributed by atoms with Crippen molar-refractivity contribution >= 4 is 0 Å². The van der Waals surface area contributed by atoms with E-state index >= 15 is 0 Å². The molecule has 1 fully saturated rings. The number of alkyl halides is 2. The number of hydrogen-bond acceptors (Lipinski definition) is 3. The van der Waals surface area contributed by atoms with Crippen molar-refractivity contribution in [3.63, 3.8) is 0 Å². The van der Waals surface area contributed by atoms with Crippen molar-refractivity contribution in [1.29, 1.82) is 0 Å². The van der Waals surface area contributed by atoms with Gasteiger partial charge in [-0.3, -0.25) is 4.90 Å². The predicted octanol–water partition coefficient (Wildman–Crippen LogP) is 5.40. The van der Waals surface area contributed by atoms with Gasteiger partial charge >= 0.3 is 6.55 Å². The fourth-order valence-electron chi connectivity index (χ4n) is 4.26. The first-order valence-corrected chi connectivity index (χ1v) is 10.2. The Morgan fingerprint density at radius 3 is 1.90 bits per heavy atom. The topological polar surface area (TPSA) is 34.0 Å². The van der Waals surface area contributed by atoms with Gasteiger partial charge in [-0.2, -0.15) is 13.5 Å². The van der Waals surface area contributed by atoms with Crippen molar-refractivity contribution < 1.29 is 8.78 Å². The van der Waals surface area contributed by atoms with E-state index in [-0.39, 0.29) is 5.92 Å². The van der Waals surface area contributed by atoms with Crippen LogP contribution in [0.3, 0.4) is 0 Å². The molecular weight excluding hydrogens is 370 g/mol. The monoisotopic (exact) mass is 396 g/mol. The largest absolute Gasteiger partial charge is 0.334 e. The van der Waals surface area contributed by atoms with E-state index in [4.69, 9.17) is 0 Å². The average molecular weight is 396 g/mol. The van der Waals surface area contributed by atoms with E-state index in [0.29, 0.717) is 16.4 Å². The Hall–Kier alpha value is -2.60. The smallest absolute Gasteiger partial charge is 0.292 e. The molecule has 1 heterocycles. The van der Waals surface area contributed by atoms with E-state index in [9.17, 15) is 8.78 Å². The molecule has 152 valence electrons. The number of rotatable bonds is 7. The summed E-state index contributed by atoms with van der Waals surface area (Å²) in [4.78, 5) is 2.55. The fourth-order valence-corrected chi connectivity index (χ4v) is 4.26. The summed E-state index contributed by atoms with van der Waals surface area (Å²) in [7, 11) is 0. The first kappa shape index (κ1) is 19.7. The molecule has 29 heavy (non-hydrogen) atoms. The average Bonchev–Trinajstić information content (AvgIpc) is 3.26. The molecule has 0 bridgehead atoms. The summed E-state index contributed by atoms with van der Waals surface area (Å²) in [6.45, 7) is -0.806. The fraction of sp³-hybridized carbons (Fsp3) is 0.391. The normalized spacial score (nSPS) is 19.7. The molecule has 0 N–H and O–H groups in total. The van der Waals surface area contributed by atoms with Gasteiger partial charge in [-0.25, -0.2) is 0 Å². The van der Waals surface area contributed by atoms with Crippen molar-refractivity contribution in [1.82, 2.24) is 19.9 Å². The number of aromatic nitrogens is 3. The zero-order valence-electron chi connectivity index (χ0n) is 16.4. The summed E-state index contributed by atoms with van der Waals surface area (Å²) in [5, 5.41) is 7.55. The molecule has 0 saturated heterocycles. The maximum Gasteiger partial charge on any atom is 0.334 e. The standard InChI is InChI=1S/C23H26F2N4/c24-23(25)29-17-22(26-27-29)20-11-13-21(14-12-20)28(15-18-7-3-1-4-8-18)16-19-9-5-2-6-10-19/h1-10,17,20-21,23H,11-16H2. The summed E-state index contributed by atoms with van der Waals surface area (Å²) >= 11 is 0. The van der Waals surface area contributed by atoms with Crippen LogP contribution in [0.15, 0.2) is 66.9 Å². The third kappa shape index (κ3) is 5.07. The molecule has 0 radical (unpaired) electrons. The molecule has 2 aromatic carbocycles. The summed E-state index contributed by atoms with van der Waals surface area (Å²) < 4.78 is 26.2. The minimum Gasteiger partial charge on any atom is -0.292 e. The lowest BCUT2D eigenvalue weighted by Crippen LogP contribution is -2.37. The molecule has 0 unspecified atom stereocenters. The van der Waals surface area contributed by atoms with Crippen LogP contribution in [-0.4, -0.2) is 25.9 Å². The lowest BCUT2D eigenvalue weighted by atomic mass is 9.83. The molecule has 1 aromatic heterocycles. The van der Waals surface area contributed by atoms with E-state index in [2.05, 4.69) is 63.7 Å². The van der Waals surface area contributed by atoms with Gasteiger partial charge in [0.05, 0.1) is 11.9 Å². The van der Waals surface area contributed by atoms with Crippen molar-refractivity contribution in [3.8, 4) is 0 Å². The third-order valence-corrected chi connectivity index (χ3v) is 5.82. The van der Waals surface area contributed by atoms with Crippen LogP contribution in [0.5, 0.6) is 0 Å². The number of benzene rings is 2. The first-order chi connectivity index (χ1) is 14.2. The van der Waals surface area contributed by atoms with Crippen molar-refractivity contribution in [2.24, 2.45) is 0 Å².